The van der Waals surface area contributed by atoms with Crippen molar-refractivity contribution < 1.29 is 16.8 Å². The lowest BCUT2D eigenvalue weighted by molar-refractivity contribution is 0.526. The first-order valence-corrected chi connectivity index (χ1v) is 9.57. The highest BCUT2D eigenvalue weighted by molar-refractivity contribution is 7.91. The molecule has 1 unspecified atom stereocenters. The molecule has 0 bridgehead atoms. The Hall–Kier alpha value is -1.39. The van der Waals surface area contributed by atoms with Gasteiger partial charge in [-0.15, -0.1) is 0 Å². The highest BCUT2D eigenvalue weighted by Gasteiger charge is 2.27. The smallest absolute Gasteiger partial charge is 0.302 e. The molecule has 0 radical (unpaired) electrons. The molecule has 1 aliphatic rings. The molecule has 118 valence electrons. The second-order valence-corrected chi connectivity index (χ2v) is 9.18. The molecular formula is C11H18N4O4S2. The number of nitrogens with one attached hydrogen (secondary N) is 2. The summed E-state index contributed by atoms with van der Waals surface area (Å²) < 4.78 is 49.4. The van der Waals surface area contributed by atoms with Crippen LogP contribution in [0.25, 0.3) is 0 Å². The molecule has 0 aliphatic carbocycles. The van der Waals surface area contributed by atoms with Crippen molar-refractivity contribution in [1.82, 2.24) is 9.29 Å². The third kappa shape index (κ3) is 4.29. The first-order chi connectivity index (χ1) is 9.68. The zero-order chi connectivity index (χ0) is 15.7. The number of anilines is 2. The minimum absolute atomic E-state index is 0.113. The first kappa shape index (κ1) is 16.0. The van der Waals surface area contributed by atoms with E-state index in [-0.39, 0.29) is 23.4 Å². The number of rotatable bonds is 5. The van der Waals surface area contributed by atoms with Crippen molar-refractivity contribution in [2.75, 3.05) is 35.6 Å². The van der Waals surface area contributed by atoms with Crippen molar-refractivity contribution in [3.8, 4) is 0 Å². The summed E-state index contributed by atoms with van der Waals surface area (Å²) in [6.07, 6.45) is 2.04. The van der Waals surface area contributed by atoms with Gasteiger partial charge in [0.1, 0.15) is 5.82 Å². The van der Waals surface area contributed by atoms with Gasteiger partial charge < -0.3 is 5.32 Å². The molecule has 0 spiro atoms. The lowest BCUT2D eigenvalue weighted by Crippen LogP contribution is -2.29. The fourth-order valence-corrected chi connectivity index (χ4v) is 4.15. The van der Waals surface area contributed by atoms with E-state index >= 15 is 0 Å². The molecule has 1 aliphatic heterocycles. The predicted octanol–water partition coefficient (Wildman–Crippen LogP) is -0.101. The molecule has 10 heteroatoms. The van der Waals surface area contributed by atoms with Gasteiger partial charge in [-0.25, -0.2) is 13.4 Å². The van der Waals surface area contributed by atoms with E-state index < -0.39 is 20.0 Å². The van der Waals surface area contributed by atoms with E-state index in [1.54, 1.807) is 6.07 Å². The predicted molar refractivity (Wildman–Crippen MR) is 81.1 cm³/mol. The van der Waals surface area contributed by atoms with Gasteiger partial charge in [0.15, 0.2) is 9.84 Å². The number of pyridine rings is 1. The molecule has 1 fully saturated rings. The summed E-state index contributed by atoms with van der Waals surface area (Å²) in [5, 5.41) is 3.08. The van der Waals surface area contributed by atoms with Crippen LogP contribution in [0, 0.1) is 0 Å². The Balaban J connectivity index is 2.00. The molecule has 0 saturated carbocycles. The monoisotopic (exact) mass is 334 g/mol. The van der Waals surface area contributed by atoms with E-state index in [0.29, 0.717) is 12.1 Å². The molecule has 0 amide bonds. The van der Waals surface area contributed by atoms with E-state index in [2.05, 4.69) is 15.0 Å². The van der Waals surface area contributed by atoms with Crippen molar-refractivity contribution in [2.45, 2.75) is 12.5 Å². The molecule has 21 heavy (non-hydrogen) atoms. The average molecular weight is 334 g/mol. The lowest BCUT2D eigenvalue weighted by atomic mass is 10.2. The number of sulfone groups is 1. The maximum atomic E-state index is 11.6. The molecule has 2 heterocycles. The third-order valence-electron chi connectivity index (χ3n) is 3.08. The molecule has 1 aromatic heterocycles. The molecule has 2 N–H and O–H groups in total. The van der Waals surface area contributed by atoms with Crippen LogP contribution in [0.4, 0.5) is 11.5 Å². The Morgan fingerprint density at radius 3 is 2.52 bits per heavy atom. The minimum Gasteiger partial charge on any atom is -0.380 e. The van der Waals surface area contributed by atoms with Gasteiger partial charge in [-0.2, -0.15) is 12.7 Å². The molecule has 2 rings (SSSR count). The van der Waals surface area contributed by atoms with Gasteiger partial charge in [0.25, 0.3) is 0 Å². The van der Waals surface area contributed by atoms with Crippen LogP contribution in [-0.4, -0.2) is 57.8 Å². The largest absolute Gasteiger partial charge is 0.380 e. The van der Waals surface area contributed by atoms with Crippen molar-refractivity contribution in [1.29, 1.82) is 0 Å². The van der Waals surface area contributed by atoms with E-state index in [9.17, 15) is 16.8 Å². The summed E-state index contributed by atoms with van der Waals surface area (Å²) in [7, 11) is -3.69. The average Bonchev–Trinajstić information content (AvgIpc) is 2.70. The summed E-state index contributed by atoms with van der Waals surface area (Å²) in [6.45, 7) is 0. The van der Waals surface area contributed by atoms with Gasteiger partial charge in [-0.05, 0) is 18.6 Å². The third-order valence-corrected chi connectivity index (χ3v) is 6.28. The fraction of sp³-hybridized carbons (Fsp3) is 0.545. The number of hydrogen-bond donors (Lipinski definition) is 2. The fourth-order valence-electron chi connectivity index (χ4n) is 1.91. The molecule has 1 aromatic rings. The summed E-state index contributed by atoms with van der Waals surface area (Å²) in [5.74, 6) is 0.508. The van der Waals surface area contributed by atoms with Crippen LogP contribution in [0.1, 0.15) is 6.42 Å². The number of aromatic nitrogens is 1. The summed E-state index contributed by atoms with van der Waals surface area (Å²) >= 11 is 0. The SMILES string of the molecule is CN(C)S(=O)(=O)Nc1ccc(NC2CCS(=O)(=O)C2)cn1. The van der Waals surface area contributed by atoms with Crippen molar-refractivity contribution in [2.24, 2.45) is 0 Å². The van der Waals surface area contributed by atoms with Crippen LogP contribution in [0.15, 0.2) is 18.3 Å². The van der Waals surface area contributed by atoms with Crippen LogP contribution in [-0.2, 0) is 20.0 Å². The van der Waals surface area contributed by atoms with Crippen LogP contribution < -0.4 is 10.0 Å². The van der Waals surface area contributed by atoms with E-state index in [4.69, 9.17) is 0 Å². The van der Waals surface area contributed by atoms with Crippen molar-refractivity contribution in [3.63, 3.8) is 0 Å². The standard InChI is InChI=1S/C11H18N4O4S2/c1-15(2)21(18,19)14-11-4-3-9(7-12-11)13-10-5-6-20(16,17)8-10/h3-4,7,10,13H,5-6,8H2,1-2H3,(H,12,14). The van der Waals surface area contributed by atoms with Gasteiger partial charge in [0.05, 0.1) is 23.4 Å². The van der Waals surface area contributed by atoms with Crippen LogP contribution in [0.2, 0.25) is 0 Å². The minimum atomic E-state index is -3.58. The zero-order valence-electron chi connectivity index (χ0n) is 11.8. The first-order valence-electron chi connectivity index (χ1n) is 6.31. The van der Waals surface area contributed by atoms with E-state index in [0.717, 1.165) is 4.31 Å². The molecule has 1 atom stereocenters. The zero-order valence-corrected chi connectivity index (χ0v) is 13.4. The molecule has 8 nitrogen and oxygen atoms in total. The molecular weight excluding hydrogens is 316 g/mol. The maximum absolute atomic E-state index is 11.6. The summed E-state index contributed by atoms with van der Waals surface area (Å²) in [6, 6.07) is 3.05. The van der Waals surface area contributed by atoms with Crippen molar-refractivity contribution >= 4 is 31.6 Å². The molecule has 1 saturated heterocycles. The highest BCUT2D eigenvalue weighted by atomic mass is 32.2. The van der Waals surface area contributed by atoms with Gasteiger partial charge in [-0.3, -0.25) is 4.72 Å². The van der Waals surface area contributed by atoms with Crippen LogP contribution in [0.3, 0.4) is 0 Å². The van der Waals surface area contributed by atoms with Gasteiger partial charge in [-0.1, -0.05) is 0 Å². The molecule has 0 aromatic carbocycles. The Morgan fingerprint density at radius 1 is 1.33 bits per heavy atom. The van der Waals surface area contributed by atoms with Crippen LogP contribution in [0.5, 0.6) is 0 Å². The van der Waals surface area contributed by atoms with E-state index in [1.165, 1.54) is 26.4 Å². The Bertz CT molecular complexity index is 698. The Morgan fingerprint density at radius 2 is 2.05 bits per heavy atom. The summed E-state index contributed by atoms with van der Waals surface area (Å²) in [5.41, 5.74) is 0.657. The normalized spacial score (nSPS) is 21.4. The number of hydrogen-bond acceptors (Lipinski definition) is 6. The Kier molecular flexibility index (Phi) is 4.40. The second-order valence-electron chi connectivity index (χ2n) is 5.07. The van der Waals surface area contributed by atoms with Crippen LogP contribution >= 0.6 is 0 Å². The van der Waals surface area contributed by atoms with Crippen molar-refractivity contribution in [3.05, 3.63) is 18.3 Å². The lowest BCUT2D eigenvalue weighted by Gasteiger charge is -2.14. The van der Waals surface area contributed by atoms with Gasteiger partial charge >= 0.3 is 10.2 Å². The van der Waals surface area contributed by atoms with Gasteiger partial charge in [0.2, 0.25) is 0 Å². The quantitative estimate of drug-likeness (QED) is 0.778. The van der Waals surface area contributed by atoms with E-state index in [1.807, 2.05) is 0 Å². The highest BCUT2D eigenvalue weighted by Crippen LogP contribution is 2.18. The maximum Gasteiger partial charge on any atom is 0.302 e. The topological polar surface area (TPSA) is 108 Å². The van der Waals surface area contributed by atoms with Gasteiger partial charge in [0, 0.05) is 20.1 Å². The second kappa shape index (κ2) is 5.78. The summed E-state index contributed by atoms with van der Waals surface area (Å²) in [4.78, 5) is 4.00. The Labute approximate surface area is 124 Å². The number of nitrogens with zero attached hydrogens (tertiary/aromatic N) is 2.